The van der Waals surface area contributed by atoms with E-state index in [0.717, 1.165) is 0 Å². The van der Waals surface area contributed by atoms with E-state index in [2.05, 4.69) is 5.32 Å². The molecule has 2 aromatic rings. The molecule has 2 rings (SSSR count). The van der Waals surface area contributed by atoms with Crippen LogP contribution < -0.4 is 15.1 Å². The summed E-state index contributed by atoms with van der Waals surface area (Å²) in [6.45, 7) is 19.1. The fourth-order valence-electron chi connectivity index (χ4n) is 4.49. The van der Waals surface area contributed by atoms with Crippen molar-refractivity contribution in [3.63, 3.8) is 0 Å². The molecule has 0 fully saturated rings. The van der Waals surface area contributed by atoms with Crippen LogP contribution in [0, 0.1) is 0 Å². The Hall–Kier alpha value is -4.61. The normalized spacial score (nSPS) is 12.0. The van der Waals surface area contributed by atoms with Crippen molar-refractivity contribution in [3.05, 3.63) is 54.1 Å². The maximum Gasteiger partial charge on any atom is 0.326 e. The van der Waals surface area contributed by atoms with E-state index in [1.807, 2.05) is 0 Å². The number of carbonyl (C=O) groups excluding carboxylic acids is 5. The molecule has 1 N–H and O–H groups in total. The molecule has 0 heterocycles. The highest BCUT2D eigenvalue weighted by Crippen LogP contribution is 2.34. The second-order valence-electron chi connectivity index (χ2n) is 15.6. The van der Waals surface area contributed by atoms with E-state index >= 15 is 0 Å². The molecule has 0 bridgehead atoms. The Bertz CT molecular complexity index is 1420. The fourth-order valence-corrected chi connectivity index (χ4v) is 4.49. The summed E-state index contributed by atoms with van der Waals surface area (Å²) >= 11 is 0. The summed E-state index contributed by atoms with van der Waals surface area (Å²) in [6, 6.07) is 13.3. The maximum absolute atomic E-state index is 13.3. The number of ether oxygens (including phenoxy) is 4. The largest absolute Gasteiger partial charge is 0.459 e. The van der Waals surface area contributed by atoms with Gasteiger partial charge in [0.2, 0.25) is 0 Å². The summed E-state index contributed by atoms with van der Waals surface area (Å²) in [5, 5.41) is 2.85. The number of carbonyl (C=O) groups is 5. The van der Waals surface area contributed by atoms with Crippen molar-refractivity contribution < 1.29 is 42.9 Å². The van der Waals surface area contributed by atoms with Crippen LogP contribution in [0.25, 0.3) is 0 Å². The lowest BCUT2D eigenvalue weighted by Gasteiger charge is -2.33. The average molecular weight is 684 g/mol. The van der Waals surface area contributed by atoms with Gasteiger partial charge in [-0.05, 0) is 113 Å². The van der Waals surface area contributed by atoms with Gasteiger partial charge in [0.05, 0.1) is 11.4 Å². The first-order valence-electron chi connectivity index (χ1n) is 16.2. The fraction of sp³-hybridized carbons (Fsp3) is 0.541. The molecule has 0 aliphatic heterocycles. The van der Waals surface area contributed by atoms with Crippen molar-refractivity contribution >= 4 is 46.8 Å². The minimum Gasteiger partial charge on any atom is -0.459 e. The van der Waals surface area contributed by atoms with Crippen LogP contribution in [0.3, 0.4) is 0 Å². The molecular weight excluding hydrogens is 630 g/mol. The van der Waals surface area contributed by atoms with Gasteiger partial charge in [0.15, 0.2) is 0 Å². The van der Waals surface area contributed by atoms with Crippen molar-refractivity contribution in [2.75, 3.05) is 41.3 Å². The number of esters is 4. The topological polar surface area (TPSA) is 141 Å². The Balaban J connectivity index is 2.77. The zero-order valence-electron chi connectivity index (χ0n) is 31.0. The van der Waals surface area contributed by atoms with Crippen LogP contribution in [0.5, 0.6) is 0 Å². The molecule has 270 valence electrons. The molecule has 0 saturated heterocycles. The van der Waals surface area contributed by atoms with Crippen molar-refractivity contribution in [1.82, 2.24) is 0 Å². The average Bonchev–Trinajstić information content (AvgIpc) is 2.88. The second kappa shape index (κ2) is 16.2. The first-order valence-corrected chi connectivity index (χ1v) is 16.2. The highest BCUT2D eigenvalue weighted by molar-refractivity contribution is 6.05. The number of hydrogen-bond donors (Lipinski definition) is 1. The van der Waals surface area contributed by atoms with Crippen LogP contribution >= 0.6 is 0 Å². The number of nitrogens with one attached hydrogen (secondary N) is 1. The molecular formula is C37H53N3O9. The number of nitrogens with zero attached hydrogens (tertiary/aromatic N) is 2. The molecule has 0 spiro atoms. The Morgan fingerprint density at radius 2 is 0.857 bits per heavy atom. The molecule has 12 heteroatoms. The van der Waals surface area contributed by atoms with Crippen LogP contribution in [0.2, 0.25) is 0 Å². The van der Waals surface area contributed by atoms with Gasteiger partial charge < -0.3 is 34.1 Å². The summed E-state index contributed by atoms with van der Waals surface area (Å²) in [6.07, 6.45) is 0. The number of benzene rings is 2. The lowest BCUT2D eigenvalue weighted by atomic mass is 10.1. The van der Waals surface area contributed by atoms with Crippen LogP contribution in [-0.4, -0.2) is 78.4 Å². The molecule has 2 aromatic carbocycles. The van der Waals surface area contributed by atoms with Gasteiger partial charge in [0, 0.05) is 11.3 Å². The third-order valence-corrected chi connectivity index (χ3v) is 5.91. The van der Waals surface area contributed by atoms with Crippen LogP contribution in [0.1, 0.15) is 93.4 Å². The Morgan fingerprint density at radius 1 is 0.510 bits per heavy atom. The number of rotatable bonds is 12. The molecule has 0 saturated carbocycles. The molecule has 0 atom stereocenters. The zero-order valence-corrected chi connectivity index (χ0v) is 31.0. The highest BCUT2D eigenvalue weighted by atomic mass is 16.6. The Morgan fingerprint density at radius 3 is 1.20 bits per heavy atom. The van der Waals surface area contributed by atoms with Crippen molar-refractivity contribution in [2.45, 2.75) is 105 Å². The van der Waals surface area contributed by atoms with Crippen LogP contribution in [-0.2, 0) is 38.1 Å². The predicted octanol–water partition coefficient (Wildman–Crippen LogP) is 5.92. The van der Waals surface area contributed by atoms with Crippen LogP contribution in [0.4, 0.5) is 17.1 Å². The maximum atomic E-state index is 13.3. The van der Waals surface area contributed by atoms with Gasteiger partial charge in [-0.25, -0.2) is 0 Å². The van der Waals surface area contributed by atoms with Gasteiger partial charge in [-0.1, -0.05) is 18.2 Å². The summed E-state index contributed by atoms with van der Waals surface area (Å²) in [4.78, 5) is 68.9. The van der Waals surface area contributed by atoms with Crippen molar-refractivity contribution in [2.24, 2.45) is 0 Å². The summed E-state index contributed by atoms with van der Waals surface area (Å²) < 4.78 is 22.4. The molecule has 0 aliphatic rings. The predicted molar refractivity (Wildman–Crippen MR) is 189 cm³/mol. The number of anilines is 3. The van der Waals surface area contributed by atoms with Crippen molar-refractivity contribution in [1.29, 1.82) is 0 Å². The lowest BCUT2D eigenvalue weighted by molar-refractivity contribution is -0.156. The van der Waals surface area contributed by atoms with Gasteiger partial charge in [-0.15, -0.1) is 0 Å². The standard InChI is InChI=1S/C37H53N3O9/c1-34(2,3)46-29(41)21-39(22-30(42)47-35(4,5)6)27-19-18-26(38-33(45)25-16-14-13-15-17-25)20-28(27)40(23-31(43)48-36(7,8)9)24-32(44)49-37(10,11)12/h13-20H,21-24H2,1-12H3,(H,38,45). The number of hydrogen-bond acceptors (Lipinski definition) is 11. The summed E-state index contributed by atoms with van der Waals surface area (Å²) in [5.74, 6) is -2.95. The smallest absolute Gasteiger partial charge is 0.326 e. The van der Waals surface area contributed by atoms with E-state index in [1.54, 1.807) is 132 Å². The van der Waals surface area contributed by atoms with Crippen LogP contribution in [0.15, 0.2) is 48.5 Å². The van der Waals surface area contributed by atoms with E-state index in [4.69, 9.17) is 18.9 Å². The van der Waals surface area contributed by atoms with Gasteiger partial charge >= 0.3 is 23.9 Å². The highest BCUT2D eigenvalue weighted by Gasteiger charge is 2.30. The third kappa shape index (κ3) is 15.9. The Kier molecular flexibility index (Phi) is 13.4. The molecule has 49 heavy (non-hydrogen) atoms. The van der Waals surface area contributed by atoms with Gasteiger partial charge in [0.1, 0.15) is 48.6 Å². The Labute approximate surface area is 290 Å². The summed E-state index contributed by atoms with van der Waals surface area (Å²) in [5.41, 5.74) is -2.06. The summed E-state index contributed by atoms with van der Waals surface area (Å²) in [7, 11) is 0. The van der Waals surface area contributed by atoms with E-state index in [9.17, 15) is 24.0 Å². The molecule has 0 radical (unpaired) electrons. The SMILES string of the molecule is CC(C)(C)OC(=O)CN(CC(=O)OC(C)(C)C)c1ccc(NC(=O)c2ccccc2)cc1N(CC(=O)OC(C)(C)C)CC(=O)OC(C)(C)C. The van der Waals surface area contributed by atoms with E-state index in [0.29, 0.717) is 11.3 Å². The monoisotopic (exact) mass is 683 g/mol. The molecule has 12 nitrogen and oxygen atoms in total. The lowest BCUT2D eigenvalue weighted by Crippen LogP contribution is -2.43. The second-order valence-corrected chi connectivity index (χ2v) is 15.6. The van der Waals surface area contributed by atoms with Gasteiger partial charge in [-0.3, -0.25) is 24.0 Å². The molecule has 0 aliphatic carbocycles. The molecule has 1 amide bonds. The van der Waals surface area contributed by atoms with E-state index < -0.39 is 65.3 Å². The minimum atomic E-state index is -0.831. The van der Waals surface area contributed by atoms with Crippen molar-refractivity contribution in [3.8, 4) is 0 Å². The van der Waals surface area contributed by atoms with Gasteiger partial charge in [0.25, 0.3) is 5.91 Å². The molecule has 0 aromatic heterocycles. The van der Waals surface area contributed by atoms with Gasteiger partial charge in [-0.2, -0.15) is 0 Å². The first-order chi connectivity index (χ1) is 22.3. The molecule has 0 unspecified atom stereocenters. The number of amides is 1. The first kappa shape index (κ1) is 40.6. The minimum absolute atomic E-state index is 0.231. The quantitative estimate of drug-likeness (QED) is 0.211. The third-order valence-electron chi connectivity index (χ3n) is 5.91. The zero-order chi connectivity index (χ0) is 37.4. The van der Waals surface area contributed by atoms with E-state index in [-0.39, 0.29) is 24.5 Å². The van der Waals surface area contributed by atoms with E-state index in [1.165, 1.54) is 9.80 Å².